The first kappa shape index (κ1) is 16.5. The van der Waals surface area contributed by atoms with Crippen LogP contribution in [0.4, 0.5) is 0 Å². The number of furan rings is 1. The fourth-order valence-corrected chi connectivity index (χ4v) is 6.31. The maximum Gasteiger partial charge on any atom is 0.316 e. The Labute approximate surface area is 146 Å². The highest BCUT2D eigenvalue weighted by Crippen LogP contribution is 2.45. The predicted molar refractivity (Wildman–Crippen MR) is 90.9 cm³/mol. The summed E-state index contributed by atoms with van der Waals surface area (Å²) in [4.78, 5) is 10.2. The number of hydrogen-bond donors (Lipinski definition) is 0. The van der Waals surface area contributed by atoms with Gasteiger partial charge in [0.1, 0.15) is 16.3 Å². The van der Waals surface area contributed by atoms with Gasteiger partial charge in [-0.3, -0.25) is 4.90 Å². The molecule has 1 atom stereocenters. The standard InChI is InChI=1S/C17H21N3O4S/c1-13-3-4-15(24-13)9-20-11-17(12-20)14(5-8-25(17,21)22)10-23-16-18-6-2-7-19-16/h2-4,6-7,14H,5,8-12H2,1H3/t14-/m1/s1. The molecule has 2 aliphatic rings. The molecule has 4 rings (SSSR count). The fourth-order valence-electron chi connectivity index (χ4n) is 3.86. The summed E-state index contributed by atoms with van der Waals surface area (Å²) in [5.41, 5.74) is 0. The fraction of sp³-hybridized carbons (Fsp3) is 0.529. The number of aryl methyl sites for hydroxylation is 1. The van der Waals surface area contributed by atoms with Crippen molar-refractivity contribution >= 4 is 9.84 Å². The Morgan fingerprint density at radius 2 is 2.08 bits per heavy atom. The van der Waals surface area contributed by atoms with E-state index in [1.165, 1.54) is 0 Å². The lowest BCUT2D eigenvalue weighted by atomic mass is 9.83. The van der Waals surface area contributed by atoms with Crippen LogP contribution in [-0.2, 0) is 16.4 Å². The average molecular weight is 363 g/mol. The lowest BCUT2D eigenvalue weighted by molar-refractivity contribution is 0.0520. The Morgan fingerprint density at radius 1 is 1.32 bits per heavy atom. The van der Waals surface area contributed by atoms with Crippen molar-refractivity contribution < 1.29 is 17.6 Å². The van der Waals surface area contributed by atoms with Gasteiger partial charge in [0.2, 0.25) is 0 Å². The van der Waals surface area contributed by atoms with Crippen LogP contribution in [0.5, 0.6) is 6.01 Å². The zero-order valence-corrected chi connectivity index (χ0v) is 14.9. The summed E-state index contributed by atoms with van der Waals surface area (Å²) in [6.07, 6.45) is 3.85. The highest BCUT2D eigenvalue weighted by Gasteiger charge is 2.61. The third kappa shape index (κ3) is 2.93. The van der Waals surface area contributed by atoms with Crippen molar-refractivity contribution in [2.45, 2.75) is 24.6 Å². The van der Waals surface area contributed by atoms with Crippen molar-refractivity contribution in [1.82, 2.24) is 14.9 Å². The molecule has 2 fully saturated rings. The zero-order valence-electron chi connectivity index (χ0n) is 14.1. The third-order valence-electron chi connectivity index (χ3n) is 5.21. The summed E-state index contributed by atoms with van der Waals surface area (Å²) in [5.74, 6) is 1.93. The molecular weight excluding hydrogens is 342 g/mol. The van der Waals surface area contributed by atoms with Gasteiger partial charge in [0.05, 0.1) is 18.9 Å². The second-order valence-corrected chi connectivity index (χ2v) is 9.32. The summed E-state index contributed by atoms with van der Waals surface area (Å²) in [7, 11) is -3.12. The minimum atomic E-state index is -3.12. The van der Waals surface area contributed by atoms with E-state index in [4.69, 9.17) is 9.15 Å². The molecule has 2 aromatic rings. The highest BCUT2D eigenvalue weighted by atomic mass is 32.2. The highest BCUT2D eigenvalue weighted by molar-refractivity contribution is 7.93. The molecule has 1 spiro atoms. The molecule has 0 bridgehead atoms. The van der Waals surface area contributed by atoms with Crippen molar-refractivity contribution in [2.75, 3.05) is 25.4 Å². The normalized spacial score (nSPS) is 24.3. The van der Waals surface area contributed by atoms with Crippen LogP contribution in [0.25, 0.3) is 0 Å². The number of hydrogen-bond acceptors (Lipinski definition) is 7. The molecule has 7 nitrogen and oxygen atoms in total. The quantitative estimate of drug-likeness (QED) is 0.795. The van der Waals surface area contributed by atoms with Crippen molar-refractivity contribution in [3.8, 4) is 6.01 Å². The van der Waals surface area contributed by atoms with E-state index in [-0.39, 0.29) is 11.7 Å². The van der Waals surface area contributed by atoms with Crippen molar-refractivity contribution in [1.29, 1.82) is 0 Å². The maximum atomic E-state index is 12.7. The van der Waals surface area contributed by atoms with Gasteiger partial charge in [0.25, 0.3) is 0 Å². The molecule has 8 heteroatoms. The largest absolute Gasteiger partial charge is 0.465 e. The summed E-state index contributed by atoms with van der Waals surface area (Å²) >= 11 is 0. The Hall–Kier alpha value is -1.93. The molecule has 2 aromatic heterocycles. The molecule has 0 aromatic carbocycles. The molecule has 2 aliphatic heterocycles. The van der Waals surface area contributed by atoms with E-state index in [0.29, 0.717) is 38.7 Å². The van der Waals surface area contributed by atoms with Crippen LogP contribution in [0.1, 0.15) is 17.9 Å². The van der Waals surface area contributed by atoms with Gasteiger partial charge in [0, 0.05) is 31.4 Å². The molecule has 0 unspecified atom stereocenters. The maximum absolute atomic E-state index is 12.7. The van der Waals surface area contributed by atoms with Crippen LogP contribution in [0, 0.1) is 12.8 Å². The number of ether oxygens (including phenoxy) is 1. The first-order chi connectivity index (χ1) is 12.0. The minimum Gasteiger partial charge on any atom is -0.465 e. The Balaban J connectivity index is 1.43. The summed E-state index contributed by atoms with van der Waals surface area (Å²) in [5, 5.41) is 0. The summed E-state index contributed by atoms with van der Waals surface area (Å²) in [6.45, 7) is 3.93. The van der Waals surface area contributed by atoms with Crippen LogP contribution < -0.4 is 4.74 Å². The van der Waals surface area contributed by atoms with Crippen LogP contribution in [0.2, 0.25) is 0 Å². The van der Waals surface area contributed by atoms with Gasteiger partial charge in [0.15, 0.2) is 9.84 Å². The molecule has 0 amide bonds. The number of rotatable bonds is 5. The molecule has 2 saturated heterocycles. The molecule has 0 saturated carbocycles. The van der Waals surface area contributed by atoms with Crippen LogP contribution in [0.15, 0.2) is 35.0 Å². The molecular formula is C17H21N3O4S. The SMILES string of the molecule is Cc1ccc(CN2CC3(C2)[C@@H](COc2ncccn2)CCS3(=O)=O)o1. The van der Waals surface area contributed by atoms with Gasteiger partial charge >= 0.3 is 6.01 Å². The van der Waals surface area contributed by atoms with E-state index in [1.807, 2.05) is 19.1 Å². The number of likely N-dealkylation sites (tertiary alicyclic amines) is 1. The van der Waals surface area contributed by atoms with Gasteiger partial charge in [-0.15, -0.1) is 0 Å². The van der Waals surface area contributed by atoms with Crippen molar-refractivity contribution in [2.24, 2.45) is 5.92 Å². The monoisotopic (exact) mass is 363 g/mol. The molecule has 0 radical (unpaired) electrons. The molecule has 25 heavy (non-hydrogen) atoms. The lowest BCUT2D eigenvalue weighted by Crippen LogP contribution is -2.67. The average Bonchev–Trinajstić information content (AvgIpc) is 3.08. The van der Waals surface area contributed by atoms with E-state index in [0.717, 1.165) is 11.5 Å². The second kappa shape index (κ2) is 6.10. The Bertz CT molecular complexity index is 844. The molecule has 0 aliphatic carbocycles. The third-order valence-corrected chi connectivity index (χ3v) is 7.82. The van der Waals surface area contributed by atoms with Crippen LogP contribution >= 0.6 is 0 Å². The van der Waals surface area contributed by atoms with Crippen molar-refractivity contribution in [3.05, 3.63) is 42.1 Å². The second-order valence-electron chi connectivity index (χ2n) is 6.87. The van der Waals surface area contributed by atoms with E-state index in [9.17, 15) is 8.42 Å². The van der Waals surface area contributed by atoms with E-state index >= 15 is 0 Å². The molecule has 4 heterocycles. The predicted octanol–water partition coefficient (Wildman–Crippen LogP) is 1.45. The van der Waals surface area contributed by atoms with Crippen LogP contribution in [0.3, 0.4) is 0 Å². The van der Waals surface area contributed by atoms with E-state index < -0.39 is 14.6 Å². The van der Waals surface area contributed by atoms with Gasteiger partial charge < -0.3 is 9.15 Å². The Morgan fingerprint density at radius 3 is 2.76 bits per heavy atom. The number of nitrogens with zero attached hydrogens (tertiary/aromatic N) is 3. The van der Waals surface area contributed by atoms with E-state index in [2.05, 4.69) is 14.9 Å². The van der Waals surface area contributed by atoms with Gasteiger partial charge in [-0.25, -0.2) is 18.4 Å². The van der Waals surface area contributed by atoms with Gasteiger partial charge in [-0.05, 0) is 31.5 Å². The van der Waals surface area contributed by atoms with Gasteiger partial charge in [-0.1, -0.05) is 0 Å². The smallest absolute Gasteiger partial charge is 0.316 e. The topological polar surface area (TPSA) is 85.5 Å². The summed E-state index contributed by atoms with van der Waals surface area (Å²) in [6, 6.07) is 5.88. The van der Waals surface area contributed by atoms with Crippen LogP contribution in [-0.4, -0.2) is 53.5 Å². The minimum absolute atomic E-state index is 0.0316. The van der Waals surface area contributed by atoms with Gasteiger partial charge in [-0.2, -0.15) is 0 Å². The Kier molecular flexibility index (Phi) is 4.04. The lowest BCUT2D eigenvalue weighted by Gasteiger charge is -2.49. The zero-order chi connectivity index (χ0) is 17.5. The molecule has 134 valence electrons. The first-order valence-electron chi connectivity index (χ1n) is 8.38. The number of aromatic nitrogens is 2. The van der Waals surface area contributed by atoms with Crippen molar-refractivity contribution in [3.63, 3.8) is 0 Å². The summed E-state index contributed by atoms with van der Waals surface area (Å²) < 4.78 is 35.8. The molecule has 0 N–H and O–H groups in total. The van der Waals surface area contributed by atoms with E-state index in [1.54, 1.807) is 18.5 Å². The first-order valence-corrected chi connectivity index (χ1v) is 10.0. The number of sulfone groups is 1.